The summed E-state index contributed by atoms with van der Waals surface area (Å²) >= 11 is 0. The molecule has 27 heavy (non-hydrogen) atoms. The highest BCUT2D eigenvalue weighted by molar-refractivity contribution is 5.95. The molecule has 1 unspecified atom stereocenters. The first kappa shape index (κ1) is 20.2. The van der Waals surface area contributed by atoms with Crippen LogP contribution >= 0.6 is 0 Å². The van der Waals surface area contributed by atoms with Gasteiger partial charge >= 0.3 is 5.97 Å². The zero-order valence-electron chi connectivity index (χ0n) is 15.3. The predicted octanol–water partition coefficient (Wildman–Crippen LogP) is 2.08. The highest BCUT2D eigenvalue weighted by atomic mass is 16.5. The van der Waals surface area contributed by atoms with Crippen molar-refractivity contribution in [3.05, 3.63) is 60.1 Å². The third-order valence-electron chi connectivity index (χ3n) is 3.98. The Morgan fingerprint density at radius 2 is 1.85 bits per heavy atom. The summed E-state index contributed by atoms with van der Waals surface area (Å²) in [6.45, 7) is 0.414. The first-order valence-electron chi connectivity index (χ1n) is 8.83. The molecule has 7 nitrogen and oxygen atoms in total. The molecular weight excluding hydrogens is 348 g/mol. The van der Waals surface area contributed by atoms with Gasteiger partial charge in [-0.05, 0) is 30.5 Å². The summed E-state index contributed by atoms with van der Waals surface area (Å²) in [5.74, 6) is -0.841. The number of carbonyl (C=O) groups excluding carboxylic acids is 3. The second-order valence-electron chi connectivity index (χ2n) is 6.02. The second-order valence-corrected chi connectivity index (χ2v) is 6.02. The van der Waals surface area contributed by atoms with Crippen LogP contribution in [0.5, 0.6) is 0 Å². The molecule has 0 aliphatic rings. The lowest BCUT2D eigenvalue weighted by Gasteiger charge is -2.18. The summed E-state index contributed by atoms with van der Waals surface area (Å²) in [7, 11) is 1.35. The zero-order valence-corrected chi connectivity index (χ0v) is 15.3. The molecule has 2 aromatic rings. The van der Waals surface area contributed by atoms with E-state index in [1.807, 2.05) is 30.3 Å². The zero-order chi connectivity index (χ0) is 19.5. The molecule has 0 saturated heterocycles. The molecule has 0 fully saturated rings. The number of furan rings is 1. The Labute approximate surface area is 158 Å². The molecule has 2 N–H and O–H groups in total. The van der Waals surface area contributed by atoms with Crippen molar-refractivity contribution in [2.75, 3.05) is 13.7 Å². The van der Waals surface area contributed by atoms with Crippen LogP contribution in [-0.4, -0.2) is 37.5 Å². The van der Waals surface area contributed by atoms with Gasteiger partial charge < -0.3 is 19.8 Å². The average Bonchev–Trinajstić information content (AvgIpc) is 3.22. The van der Waals surface area contributed by atoms with Crippen LogP contribution in [0.3, 0.4) is 0 Å². The van der Waals surface area contributed by atoms with Gasteiger partial charge in [0, 0.05) is 19.4 Å². The summed E-state index contributed by atoms with van der Waals surface area (Å²) in [5.41, 5.74) is 0.933. The van der Waals surface area contributed by atoms with E-state index in [0.717, 1.165) is 5.56 Å². The molecule has 0 aliphatic heterocycles. The summed E-state index contributed by atoms with van der Waals surface area (Å²) < 4.78 is 9.66. The van der Waals surface area contributed by atoms with Crippen LogP contribution in [0, 0.1) is 0 Å². The van der Waals surface area contributed by atoms with Gasteiger partial charge in [0.1, 0.15) is 6.04 Å². The van der Waals surface area contributed by atoms with Gasteiger partial charge in [0.15, 0.2) is 5.76 Å². The Morgan fingerprint density at radius 1 is 1.07 bits per heavy atom. The van der Waals surface area contributed by atoms with E-state index in [0.29, 0.717) is 32.2 Å². The SMILES string of the molecule is COC(=O)CCCCNC(=O)C(Cc1ccccc1)NC(=O)c1ccco1. The Kier molecular flexibility index (Phi) is 8.09. The van der Waals surface area contributed by atoms with E-state index in [-0.39, 0.29) is 17.6 Å². The summed E-state index contributed by atoms with van der Waals surface area (Å²) in [6.07, 6.45) is 3.35. The number of methoxy groups -OCH3 is 1. The predicted molar refractivity (Wildman–Crippen MR) is 99.0 cm³/mol. The smallest absolute Gasteiger partial charge is 0.305 e. The largest absolute Gasteiger partial charge is 0.469 e. The lowest BCUT2D eigenvalue weighted by atomic mass is 10.0. The van der Waals surface area contributed by atoms with Gasteiger partial charge in [-0.25, -0.2) is 0 Å². The normalized spacial score (nSPS) is 11.4. The van der Waals surface area contributed by atoms with E-state index >= 15 is 0 Å². The van der Waals surface area contributed by atoms with Crippen LogP contribution in [0.1, 0.15) is 35.4 Å². The van der Waals surface area contributed by atoms with Gasteiger partial charge in [0.2, 0.25) is 5.91 Å². The third kappa shape index (κ3) is 6.97. The lowest BCUT2D eigenvalue weighted by Crippen LogP contribution is -2.48. The van der Waals surface area contributed by atoms with Crippen molar-refractivity contribution >= 4 is 17.8 Å². The standard InChI is InChI=1S/C20H24N2O5/c1-26-18(23)11-5-6-12-21-19(24)16(14-15-8-3-2-4-9-15)22-20(25)17-10-7-13-27-17/h2-4,7-10,13,16H,5-6,11-12,14H2,1H3,(H,21,24)(H,22,25). The van der Waals surface area contributed by atoms with Crippen molar-refractivity contribution in [1.82, 2.24) is 10.6 Å². The molecule has 2 rings (SSSR count). The van der Waals surface area contributed by atoms with Crippen molar-refractivity contribution < 1.29 is 23.5 Å². The van der Waals surface area contributed by atoms with Crippen molar-refractivity contribution in [2.45, 2.75) is 31.7 Å². The fraction of sp³-hybridized carbons (Fsp3) is 0.350. The molecule has 1 aromatic heterocycles. The molecule has 7 heteroatoms. The molecule has 0 radical (unpaired) electrons. The first-order valence-corrected chi connectivity index (χ1v) is 8.83. The minimum Gasteiger partial charge on any atom is -0.469 e. The number of ether oxygens (including phenoxy) is 1. The van der Waals surface area contributed by atoms with Crippen LogP contribution in [0.25, 0.3) is 0 Å². The van der Waals surface area contributed by atoms with E-state index in [1.54, 1.807) is 12.1 Å². The van der Waals surface area contributed by atoms with Crippen molar-refractivity contribution in [3.63, 3.8) is 0 Å². The average molecular weight is 372 g/mol. The first-order chi connectivity index (χ1) is 13.1. The van der Waals surface area contributed by atoms with Gasteiger partial charge in [-0.2, -0.15) is 0 Å². The molecule has 1 heterocycles. The molecule has 144 valence electrons. The molecule has 1 atom stereocenters. The van der Waals surface area contributed by atoms with Crippen LogP contribution in [0.4, 0.5) is 0 Å². The van der Waals surface area contributed by atoms with Gasteiger partial charge in [-0.3, -0.25) is 14.4 Å². The van der Waals surface area contributed by atoms with Gasteiger partial charge in [-0.1, -0.05) is 30.3 Å². The molecule has 1 aromatic carbocycles. The number of esters is 1. The van der Waals surface area contributed by atoms with Crippen molar-refractivity contribution in [3.8, 4) is 0 Å². The quantitative estimate of drug-likeness (QED) is 0.492. The summed E-state index contributed by atoms with van der Waals surface area (Å²) in [6, 6.07) is 11.9. The molecule has 0 spiro atoms. The van der Waals surface area contributed by atoms with Gasteiger partial charge in [-0.15, -0.1) is 0 Å². The maximum absolute atomic E-state index is 12.6. The van der Waals surface area contributed by atoms with E-state index in [9.17, 15) is 14.4 Å². The minimum atomic E-state index is -0.731. The molecular formula is C20H24N2O5. The number of benzene rings is 1. The second kappa shape index (κ2) is 10.8. The van der Waals surface area contributed by atoms with Crippen molar-refractivity contribution in [2.24, 2.45) is 0 Å². The summed E-state index contributed by atoms with van der Waals surface area (Å²) in [5, 5.41) is 5.53. The van der Waals surface area contributed by atoms with E-state index in [2.05, 4.69) is 15.4 Å². The maximum atomic E-state index is 12.6. The number of carbonyl (C=O) groups is 3. The van der Waals surface area contributed by atoms with Crippen LogP contribution in [0.15, 0.2) is 53.1 Å². The van der Waals surface area contributed by atoms with E-state index < -0.39 is 11.9 Å². The third-order valence-corrected chi connectivity index (χ3v) is 3.98. The van der Waals surface area contributed by atoms with E-state index in [4.69, 9.17) is 4.42 Å². The Morgan fingerprint density at radius 3 is 2.52 bits per heavy atom. The fourth-order valence-corrected chi connectivity index (χ4v) is 2.53. The van der Waals surface area contributed by atoms with Crippen LogP contribution in [0.2, 0.25) is 0 Å². The molecule has 0 saturated carbocycles. The Hall–Kier alpha value is -3.09. The number of hydrogen-bond donors (Lipinski definition) is 2. The maximum Gasteiger partial charge on any atom is 0.305 e. The monoisotopic (exact) mass is 372 g/mol. The summed E-state index contributed by atoms with van der Waals surface area (Å²) in [4.78, 5) is 35.9. The molecule has 0 bridgehead atoms. The number of nitrogens with one attached hydrogen (secondary N) is 2. The van der Waals surface area contributed by atoms with Crippen molar-refractivity contribution in [1.29, 1.82) is 0 Å². The Balaban J connectivity index is 1.91. The topological polar surface area (TPSA) is 97.6 Å². The number of hydrogen-bond acceptors (Lipinski definition) is 5. The fourth-order valence-electron chi connectivity index (χ4n) is 2.53. The minimum absolute atomic E-state index is 0.152. The number of rotatable bonds is 10. The highest BCUT2D eigenvalue weighted by Gasteiger charge is 2.22. The van der Waals surface area contributed by atoms with Gasteiger partial charge in [0.05, 0.1) is 13.4 Å². The van der Waals surface area contributed by atoms with Gasteiger partial charge in [0.25, 0.3) is 5.91 Å². The number of amides is 2. The van der Waals surface area contributed by atoms with Crippen LogP contribution in [-0.2, 0) is 20.7 Å². The van der Waals surface area contributed by atoms with Crippen LogP contribution < -0.4 is 10.6 Å². The highest BCUT2D eigenvalue weighted by Crippen LogP contribution is 2.06. The number of unbranched alkanes of at least 4 members (excludes halogenated alkanes) is 1. The molecule has 2 amide bonds. The lowest BCUT2D eigenvalue weighted by molar-refractivity contribution is -0.140. The van der Waals surface area contributed by atoms with E-state index in [1.165, 1.54) is 13.4 Å². The Bertz CT molecular complexity index is 728. The molecule has 0 aliphatic carbocycles.